The van der Waals surface area contributed by atoms with Crippen LogP contribution in [0.3, 0.4) is 0 Å². The molecular weight excluding hydrogens is 594 g/mol. The van der Waals surface area contributed by atoms with Gasteiger partial charge in [0.2, 0.25) is 5.91 Å². The molecule has 0 bridgehead atoms. The van der Waals surface area contributed by atoms with Crippen molar-refractivity contribution >= 4 is 34.4 Å². The number of rotatable bonds is 4. The first-order valence-electron chi connectivity index (χ1n) is 14.1. The number of aromatic nitrogens is 3. The lowest BCUT2D eigenvalue weighted by molar-refractivity contribution is -0.137. The van der Waals surface area contributed by atoms with Gasteiger partial charge in [-0.1, -0.05) is 18.7 Å². The van der Waals surface area contributed by atoms with E-state index in [1.807, 2.05) is 26.0 Å². The molecule has 3 atom stereocenters. The van der Waals surface area contributed by atoms with Gasteiger partial charge < -0.3 is 9.80 Å². The molecular formula is C32H29F4N5O2S. The molecule has 4 heterocycles. The van der Waals surface area contributed by atoms with Crippen molar-refractivity contribution in [2.75, 3.05) is 23.7 Å². The summed E-state index contributed by atoms with van der Waals surface area (Å²) >= 11 is 1.25. The van der Waals surface area contributed by atoms with E-state index in [1.165, 1.54) is 34.5 Å². The molecule has 1 fully saturated rings. The van der Waals surface area contributed by atoms with Crippen LogP contribution in [0.25, 0.3) is 22.0 Å². The third kappa shape index (κ3) is 5.25. The second-order valence-electron chi connectivity index (χ2n) is 11.2. The van der Waals surface area contributed by atoms with Crippen LogP contribution in [-0.4, -0.2) is 56.3 Å². The molecule has 0 aliphatic carbocycles. The van der Waals surface area contributed by atoms with E-state index in [0.717, 1.165) is 23.8 Å². The predicted molar refractivity (Wildman–Crippen MR) is 162 cm³/mol. The summed E-state index contributed by atoms with van der Waals surface area (Å²) in [6.45, 7) is 8.00. The van der Waals surface area contributed by atoms with Crippen molar-refractivity contribution in [3.05, 3.63) is 94.9 Å². The number of hydrogen-bond donors (Lipinski definition) is 0. The van der Waals surface area contributed by atoms with E-state index in [2.05, 4.69) is 16.5 Å². The Morgan fingerprint density at radius 2 is 1.70 bits per heavy atom. The molecule has 2 aromatic heterocycles. The molecule has 4 aromatic rings. The Morgan fingerprint density at radius 3 is 2.32 bits per heavy atom. The molecule has 2 aliphatic rings. The third-order valence-electron chi connectivity index (χ3n) is 8.29. The first kappa shape index (κ1) is 29.9. The number of benzene rings is 2. The maximum atomic E-state index is 14.9. The van der Waals surface area contributed by atoms with E-state index < -0.39 is 23.2 Å². The number of hydrogen-bond acceptors (Lipinski definition) is 6. The number of amides is 1. The van der Waals surface area contributed by atoms with E-state index >= 15 is 0 Å². The number of carbonyl (C=O) groups excluding carboxylic acids is 1. The summed E-state index contributed by atoms with van der Waals surface area (Å²) in [6, 6.07) is 9.03. The standard InChI is InChI=1S/C32H29F4N5O2S/c1-4-26(42)41-18(2)14-39(15-19(41)3)30-24-13-25(32(34,35)36)27(21-5-7-23(33)8-6-21)29-28(24)40(31(43)38-30)16-22(17-44-29)20-9-11-37-12-10-20/h4-13,18-19,22H,1,14-17H2,2-3H3/t18-,19+,22-/m1/s1. The second kappa shape index (κ2) is 11.4. The van der Waals surface area contributed by atoms with Gasteiger partial charge in [0.25, 0.3) is 0 Å². The fourth-order valence-electron chi connectivity index (χ4n) is 6.40. The van der Waals surface area contributed by atoms with E-state index in [-0.39, 0.29) is 65.9 Å². The number of alkyl halides is 3. The molecule has 44 heavy (non-hydrogen) atoms. The van der Waals surface area contributed by atoms with Gasteiger partial charge in [-0.05, 0) is 61.4 Å². The Labute approximate surface area is 255 Å². The molecule has 2 aromatic carbocycles. The lowest BCUT2D eigenvalue weighted by atomic mass is 9.95. The minimum absolute atomic E-state index is 0.0983. The quantitative estimate of drug-likeness (QED) is 0.202. The van der Waals surface area contributed by atoms with Crippen molar-refractivity contribution in [3.8, 4) is 11.1 Å². The first-order valence-corrected chi connectivity index (χ1v) is 15.1. The van der Waals surface area contributed by atoms with Gasteiger partial charge in [0, 0.05) is 71.6 Å². The highest BCUT2D eigenvalue weighted by Crippen LogP contribution is 2.49. The minimum atomic E-state index is -4.76. The number of carbonyl (C=O) groups is 1. The van der Waals surface area contributed by atoms with Crippen LogP contribution in [0.2, 0.25) is 0 Å². The van der Waals surface area contributed by atoms with Crippen molar-refractivity contribution in [3.63, 3.8) is 0 Å². The van der Waals surface area contributed by atoms with E-state index in [1.54, 1.807) is 22.2 Å². The summed E-state index contributed by atoms with van der Waals surface area (Å²) in [5.41, 5.74) is -0.116. The van der Waals surface area contributed by atoms with Crippen molar-refractivity contribution in [2.45, 2.75) is 49.5 Å². The van der Waals surface area contributed by atoms with Gasteiger partial charge in [-0.3, -0.25) is 14.3 Å². The zero-order valence-corrected chi connectivity index (χ0v) is 24.8. The summed E-state index contributed by atoms with van der Waals surface area (Å²) in [7, 11) is 0. The zero-order valence-electron chi connectivity index (χ0n) is 24.0. The number of thioether (sulfide) groups is 1. The summed E-state index contributed by atoms with van der Waals surface area (Å²) < 4.78 is 60.2. The van der Waals surface area contributed by atoms with Crippen LogP contribution in [0.1, 0.15) is 30.9 Å². The van der Waals surface area contributed by atoms with Gasteiger partial charge in [0.15, 0.2) is 0 Å². The van der Waals surface area contributed by atoms with Gasteiger partial charge in [-0.15, -0.1) is 11.8 Å². The molecule has 1 amide bonds. The van der Waals surface area contributed by atoms with E-state index in [9.17, 15) is 27.2 Å². The summed E-state index contributed by atoms with van der Waals surface area (Å²) in [4.78, 5) is 38.6. The number of pyridine rings is 1. The zero-order chi connectivity index (χ0) is 31.3. The highest BCUT2D eigenvalue weighted by atomic mass is 32.2. The van der Waals surface area contributed by atoms with Gasteiger partial charge in [-0.2, -0.15) is 18.2 Å². The Kier molecular flexibility index (Phi) is 7.73. The van der Waals surface area contributed by atoms with Gasteiger partial charge in [-0.25, -0.2) is 9.18 Å². The topological polar surface area (TPSA) is 71.3 Å². The van der Waals surface area contributed by atoms with E-state index in [0.29, 0.717) is 16.2 Å². The molecule has 0 radical (unpaired) electrons. The molecule has 228 valence electrons. The highest BCUT2D eigenvalue weighted by molar-refractivity contribution is 7.99. The van der Waals surface area contributed by atoms with Crippen LogP contribution < -0.4 is 10.6 Å². The van der Waals surface area contributed by atoms with Crippen LogP contribution >= 0.6 is 11.8 Å². The Morgan fingerprint density at radius 1 is 1.05 bits per heavy atom. The first-order chi connectivity index (χ1) is 21.0. The van der Waals surface area contributed by atoms with E-state index in [4.69, 9.17) is 0 Å². The SMILES string of the molecule is C=CC(=O)N1[C@H](C)CN(c2nc(=O)n3c4c(c(-c5ccc(F)cc5)c(C(F)(F)F)cc24)SC[C@H](c2ccncc2)C3)C[C@@H]1C. The number of nitrogens with zero attached hydrogens (tertiary/aromatic N) is 5. The average Bonchev–Trinajstić information content (AvgIpc) is 3.20. The van der Waals surface area contributed by atoms with Crippen molar-refractivity contribution in [2.24, 2.45) is 0 Å². The van der Waals surface area contributed by atoms with Gasteiger partial charge in [0.05, 0.1) is 11.1 Å². The normalized spacial score (nSPS) is 20.5. The largest absolute Gasteiger partial charge is 0.417 e. The van der Waals surface area contributed by atoms with Crippen LogP contribution in [0.5, 0.6) is 0 Å². The monoisotopic (exact) mass is 623 g/mol. The summed E-state index contributed by atoms with van der Waals surface area (Å²) in [5, 5.41) is 0.198. The summed E-state index contributed by atoms with van der Waals surface area (Å²) in [6.07, 6.45) is -0.243. The fraction of sp³-hybridized carbons (Fsp3) is 0.312. The lowest BCUT2D eigenvalue weighted by Gasteiger charge is -2.44. The lowest BCUT2D eigenvalue weighted by Crippen LogP contribution is -2.58. The number of anilines is 1. The van der Waals surface area contributed by atoms with Gasteiger partial charge >= 0.3 is 11.9 Å². The van der Waals surface area contributed by atoms with Gasteiger partial charge in [0.1, 0.15) is 11.6 Å². The molecule has 0 N–H and O–H groups in total. The van der Waals surface area contributed by atoms with Crippen LogP contribution in [0.4, 0.5) is 23.4 Å². The average molecular weight is 624 g/mol. The minimum Gasteiger partial charge on any atom is -0.352 e. The van der Waals surface area contributed by atoms with Crippen molar-refractivity contribution in [1.82, 2.24) is 19.4 Å². The van der Waals surface area contributed by atoms with Crippen molar-refractivity contribution in [1.29, 1.82) is 0 Å². The second-order valence-corrected chi connectivity index (χ2v) is 12.2. The Hall–Kier alpha value is -4.19. The maximum absolute atomic E-state index is 14.9. The van der Waals surface area contributed by atoms with Crippen molar-refractivity contribution < 1.29 is 22.4 Å². The molecule has 0 saturated carbocycles. The number of piperazine rings is 1. The molecule has 12 heteroatoms. The molecule has 1 saturated heterocycles. The predicted octanol–water partition coefficient (Wildman–Crippen LogP) is 6.12. The third-order valence-corrected chi connectivity index (χ3v) is 9.55. The number of halogens is 4. The highest BCUT2D eigenvalue weighted by Gasteiger charge is 2.40. The molecule has 7 nitrogen and oxygen atoms in total. The molecule has 6 rings (SSSR count). The fourth-order valence-corrected chi connectivity index (χ4v) is 7.80. The molecule has 2 aliphatic heterocycles. The van der Waals surface area contributed by atoms with Crippen LogP contribution in [0.15, 0.2) is 77.2 Å². The molecule has 0 unspecified atom stereocenters. The molecule has 0 spiro atoms. The van der Waals surface area contributed by atoms with Crippen LogP contribution in [-0.2, 0) is 17.5 Å². The Balaban J connectivity index is 1.63. The summed E-state index contributed by atoms with van der Waals surface area (Å²) in [5.74, 6) is -0.492. The Bertz CT molecular complexity index is 1800. The smallest absolute Gasteiger partial charge is 0.352 e. The maximum Gasteiger partial charge on any atom is 0.417 e. The van der Waals surface area contributed by atoms with Crippen LogP contribution in [0, 0.1) is 5.82 Å².